The van der Waals surface area contributed by atoms with Gasteiger partial charge < -0.3 is 4.74 Å². The number of rotatable bonds is 3. The number of imide groups is 1. The summed E-state index contributed by atoms with van der Waals surface area (Å²) < 4.78 is 5.16. The van der Waals surface area contributed by atoms with Crippen LogP contribution in [0.2, 0.25) is 0 Å². The molecule has 4 atom stereocenters. The third-order valence-corrected chi connectivity index (χ3v) is 6.04. The summed E-state index contributed by atoms with van der Waals surface area (Å²) in [6.07, 6.45) is 1.69. The molecule has 2 fully saturated rings. The van der Waals surface area contributed by atoms with Crippen molar-refractivity contribution in [3.63, 3.8) is 0 Å². The maximum atomic E-state index is 13.5. The van der Waals surface area contributed by atoms with Crippen molar-refractivity contribution in [2.45, 2.75) is 19.0 Å². The molecule has 146 valence electrons. The second-order valence-corrected chi connectivity index (χ2v) is 7.52. The molecule has 2 aromatic carbocycles. The number of amides is 2. The molecule has 29 heavy (non-hydrogen) atoms. The van der Waals surface area contributed by atoms with Gasteiger partial charge in [0.15, 0.2) is 5.78 Å². The number of hydrogen-bond donors (Lipinski definition) is 0. The minimum atomic E-state index is -0.755. The average molecular weight is 389 g/mol. The molecular weight excluding hydrogens is 370 g/mol. The summed E-state index contributed by atoms with van der Waals surface area (Å²) in [6, 6.07) is 13.3. The number of nitrogens with zero attached hydrogens (tertiary/aromatic N) is 3. The first kappa shape index (κ1) is 17.6. The molecule has 2 amide bonds. The fraction of sp³-hybridized carbons (Fsp3) is 0.273. The van der Waals surface area contributed by atoms with E-state index in [-0.39, 0.29) is 17.6 Å². The van der Waals surface area contributed by atoms with Crippen molar-refractivity contribution in [1.82, 2.24) is 5.01 Å². The Morgan fingerprint density at radius 1 is 1.00 bits per heavy atom. The van der Waals surface area contributed by atoms with Gasteiger partial charge in [0.2, 0.25) is 11.8 Å². The Morgan fingerprint density at radius 3 is 2.38 bits per heavy atom. The van der Waals surface area contributed by atoms with Crippen molar-refractivity contribution in [3.05, 3.63) is 59.7 Å². The Bertz CT molecular complexity index is 1060. The third-order valence-electron chi connectivity index (χ3n) is 6.04. The largest absolute Gasteiger partial charge is 0.497 e. The maximum Gasteiger partial charge on any atom is 0.240 e. The molecule has 2 aromatic rings. The van der Waals surface area contributed by atoms with E-state index in [1.165, 1.54) is 11.8 Å². The molecule has 0 saturated carbocycles. The van der Waals surface area contributed by atoms with Crippen molar-refractivity contribution >= 4 is 29.5 Å². The van der Waals surface area contributed by atoms with Crippen LogP contribution in [0.1, 0.15) is 24.1 Å². The molecule has 0 aliphatic carbocycles. The van der Waals surface area contributed by atoms with Crippen molar-refractivity contribution in [2.24, 2.45) is 16.9 Å². The first-order valence-electron chi connectivity index (χ1n) is 9.46. The molecule has 7 nitrogen and oxygen atoms in total. The Morgan fingerprint density at radius 2 is 1.69 bits per heavy atom. The van der Waals surface area contributed by atoms with Crippen LogP contribution in [0.3, 0.4) is 0 Å². The van der Waals surface area contributed by atoms with Gasteiger partial charge in [0.25, 0.3) is 0 Å². The predicted octanol–water partition coefficient (Wildman–Crippen LogP) is 2.16. The summed E-state index contributed by atoms with van der Waals surface area (Å²) in [5.41, 5.74) is 2.30. The molecule has 2 saturated heterocycles. The van der Waals surface area contributed by atoms with Crippen LogP contribution in [0.5, 0.6) is 5.75 Å². The number of carbonyl (C=O) groups excluding carboxylic acids is 3. The van der Waals surface area contributed by atoms with E-state index in [4.69, 9.17) is 4.74 Å². The summed E-state index contributed by atoms with van der Waals surface area (Å²) >= 11 is 0. The lowest BCUT2D eigenvalue weighted by Gasteiger charge is -2.33. The molecule has 3 aliphatic rings. The number of hydrazone groups is 1. The van der Waals surface area contributed by atoms with Crippen molar-refractivity contribution in [1.29, 1.82) is 0 Å². The minimum absolute atomic E-state index is 0.170. The van der Waals surface area contributed by atoms with Gasteiger partial charge in [0.05, 0.1) is 36.9 Å². The van der Waals surface area contributed by atoms with Crippen LogP contribution in [0, 0.1) is 11.8 Å². The quantitative estimate of drug-likeness (QED) is 0.752. The smallest absolute Gasteiger partial charge is 0.240 e. The highest BCUT2D eigenvalue weighted by Gasteiger charge is 2.64. The van der Waals surface area contributed by atoms with Gasteiger partial charge in [-0.05, 0) is 42.3 Å². The number of ketones is 1. The van der Waals surface area contributed by atoms with Gasteiger partial charge in [0.1, 0.15) is 11.8 Å². The van der Waals surface area contributed by atoms with Crippen LogP contribution in [-0.2, 0) is 14.4 Å². The molecule has 0 radical (unpaired) electrons. The van der Waals surface area contributed by atoms with E-state index in [0.717, 1.165) is 11.1 Å². The number of methoxy groups -OCH3 is 1. The normalized spacial score (nSPS) is 27.0. The number of fused-ring (bicyclic) bond motifs is 5. The van der Waals surface area contributed by atoms with E-state index in [2.05, 4.69) is 5.10 Å². The van der Waals surface area contributed by atoms with Gasteiger partial charge in [-0.1, -0.05) is 24.3 Å². The fourth-order valence-corrected chi connectivity index (χ4v) is 4.81. The topological polar surface area (TPSA) is 79.3 Å². The van der Waals surface area contributed by atoms with E-state index in [1.807, 2.05) is 24.3 Å². The van der Waals surface area contributed by atoms with E-state index in [0.29, 0.717) is 11.4 Å². The molecule has 0 unspecified atom stereocenters. The Labute approximate surface area is 167 Å². The number of Topliss-reactive ketones (excluding diaryl/α,β-unsaturated/α-hetero) is 1. The van der Waals surface area contributed by atoms with Gasteiger partial charge >= 0.3 is 0 Å². The first-order valence-corrected chi connectivity index (χ1v) is 9.46. The van der Waals surface area contributed by atoms with Gasteiger partial charge in [-0.2, -0.15) is 5.10 Å². The Hall–Kier alpha value is -3.48. The molecule has 7 heteroatoms. The molecule has 3 heterocycles. The van der Waals surface area contributed by atoms with E-state index in [1.54, 1.807) is 42.6 Å². The first-order chi connectivity index (χ1) is 14.0. The summed E-state index contributed by atoms with van der Waals surface area (Å²) in [4.78, 5) is 40.6. The minimum Gasteiger partial charge on any atom is -0.497 e. The molecule has 3 aliphatic heterocycles. The van der Waals surface area contributed by atoms with Gasteiger partial charge in [-0.3, -0.25) is 19.4 Å². The summed E-state index contributed by atoms with van der Waals surface area (Å²) in [5.74, 6) is -1.59. The van der Waals surface area contributed by atoms with Crippen molar-refractivity contribution < 1.29 is 19.1 Å². The van der Waals surface area contributed by atoms with E-state index in [9.17, 15) is 14.4 Å². The zero-order valence-electron chi connectivity index (χ0n) is 16.0. The average Bonchev–Trinajstić information content (AvgIpc) is 3.21. The van der Waals surface area contributed by atoms with E-state index >= 15 is 0 Å². The van der Waals surface area contributed by atoms with Gasteiger partial charge in [0, 0.05) is 0 Å². The summed E-state index contributed by atoms with van der Waals surface area (Å²) in [5, 5.41) is 6.11. The van der Waals surface area contributed by atoms with Crippen molar-refractivity contribution in [3.8, 4) is 5.75 Å². The second kappa shape index (κ2) is 6.27. The summed E-state index contributed by atoms with van der Waals surface area (Å²) in [7, 11) is 1.55. The zero-order valence-corrected chi connectivity index (χ0v) is 16.0. The molecule has 0 N–H and O–H groups in total. The van der Waals surface area contributed by atoms with Crippen LogP contribution in [-0.4, -0.2) is 42.0 Å². The molecular formula is C22H19N3O4. The number of carbonyl (C=O) groups is 3. The highest BCUT2D eigenvalue weighted by Crippen LogP contribution is 2.52. The molecule has 0 spiro atoms. The highest BCUT2D eigenvalue weighted by molar-refractivity contribution is 6.24. The molecule has 5 rings (SSSR count). The van der Waals surface area contributed by atoms with Crippen LogP contribution in [0.4, 0.5) is 5.69 Å². The zero-order chi connectivity index (χ0) is 20.3. The fourth-order valence-electron chi connectivity index (χ4n) is 4.81. The predicted molar refractivity (Wildman–Crippen MR) is 106 cm³/mol. The molecule has 0 bridgehead atoms. The highest BCUT2D eigenvalue weighted by atomic mass is 16.5. The second-order valence-electron chi connectivity index (χ2n) is 7.52. The maximum absolute atomic E-state index is 13.5. The lowest BCUT2D eigenvalue weighted by molar-refractivity contribution is -0.129. The van der Waals surface area contributed by atoms with Crippen LogP contribution >= 0.6 is 0 Å². The van der Waals surface area contributed by atoms with E-state index < -0.39 is 23.9 Å². The lowest BCUT2D eigenvalue weighted by atomic mass is 9.84. The van der Waals surface area contributed by atoms with Crippen LogP contribution in [0.15, 0.2) is 53.6 Å². The number of hydrogen-bond acceptors (Lipinski definition) is 6. The van der Waals surface area contributed by atoms with Gasteiger partial charge in [-0.15, -0.1) is 0 Å². The van der Waals surface area contributed by atoms with Crippen molar-refractivity contribution in [2.75, 3.05) is 12.0 Å². The van der Waals surface area contributed by atoms with Crippen LogP contribution < -0.4 is 9.64 Å². The number of anilines is 1. The number of ether oxygens (including phenoxy) is 1. The SMILES string of the molecule is COc1ccc(N2C(=O)[C@@H]3[C@H](C2=O)[C@H]2c4ccccc4C=NN2[C@@H]3C(C)=O)cc1. The summed E-state index contributed by atoms with van der Waals surface area (Å²) in [6.45, 7) is 1.45. The lowest BCUT2D eigenvalue weighted by Crippen LogP contribution is -2.43. The third kappa shape index (κ3) is 2.36. The molecule has 0 aromatic heterocycles. The van der Waals surface area contributed by atoms with Gasteiger partial charge in [-0.25, -0.2) is 4.90 Å². The number of benzene rings is 2. The monoisotopic (exact) mass is 389 g/mol. The Balaban J connectivity index is 1.62. The Kier molecular flexibility index (Phi) is 3.81. The standard InChI is InChI=1S/C22H19N3O4/c1-12(26)19-17-18(20-16-6-4-3-5-13(16)11-23-25(19)20)22(28)24(21(17)27)14-7-9-15(29-2)10-8-14/h3-11,17-20H,1-2H3/t17-,18+,19-,20-/m1/s1. The van der Waals surface area contributed by atoms with Crippen LogP contribution in [0.25, 0.3) is 0 Å².